The molecule has 17 heavy (non-hydrogen) atoms. The summed E-state index contributed by atoms with van der Waals surface area (Å²) in [5, 5.41) is 2.16. The third-order valence-corrected chi connectivity index (χ3v) is 3.64. The molecule has 1 aromatic heterocycles. The summed E-state index contributed by atoms with van der Waals surface area (Å²) in [6.07, 6.45) is 4.31. The van der Waals surface area contributed by atoms with Crippen LogP contribution >= 0.6 is 11.6 Å². The molecule has 0 bridgehead atoms. The molecule has 2 N–H and O–H groups in total. The summed E-state index contributed by atoms with van der Waals surface area (Å²) in [5.41, 5.74) is 9.34. The molecule has 0 atom stereocenters. The first-order valence-electron chi connectivity index (χ1n) is 6.15. The molecule has 0 aliphatic rings. The number of halogens is 1. The maximum atomic E-state index is 6.20. The molecule has 0 saturated heterocycles. The van der Waals surface area contributed by atoms with E-state index in [4.69, 9.17) is 17.3 Å². The lowest BCUT2D eigenvalue weighted by Crippen LogP contribution is -2.00. The molecule has 0 saturated carbocycles. The maximum absolute atomic E-state index is 6.20. The van der Waals surface area contributed by atoms with E-state index in [9.17, 15) is 0 Å². The maximum Gasteiger partial charge on any atom is 0.0498 e. The van der Waals surface area contributed by atoms with E-state index in [2.05, 4.69) is 36.7 Å². The van der Waals surface area contributed by atoms with Crippen LogP contribution in [-0.2, 0) is 13.0 Å². The average Bonchev–Trinajstić information content (AvgIpc) is 2.65. The SMILES string of the molecule is CCn1cc(CCCN)c2cc(C)c(Cl)cc21. The van der Waals surface area contributed by atoms with E-state index >= 15 is 0 Å². The average molecular weight is 251 g/mol. The molecule has 2 aromatic rings. The van der Waals surface area contributed by atoms with Crippen molar-refractivity contribution in [2.24, 2.45) is 5.73 Å². The fourth-order valence-electron chi connectivity index (χ4n) is 2.25. The van der Waals surface area contributed by atoms with E-state index in [0.717, 1.165) is 36.5 Å². The van der Waals surface area contributed by atoms with E-state index in [1.807, 2.05) is 0 Å². The van der Waals surface area contributed by atoms with Crippen molar-refractivity contribution in [1.29, 1.82) is 0 Å². The number of aryl methyl sites for hydroxylation is 3. The number of nitrogens with two attached hydrogens (primary N) is 1. The van der Waals surface area contributed by atoms with Crippen molar-refractivity contribution in [3.05, 3.63) is 34.5 Å². The van der Waals surface area contributed by atoms with Gasteiger partial charge in [-0.2, -0.15) is 0 Å². The van der Waals surface area contributed by atoms with Gasteiger partial charge in [-0.3, -0.25) is 0 Å². The predicted octanol–water partition coefficient (Wildman–Crippen LogP) is 3.51. The van der Waals surface area contributed by atoms with Gasteiger partial charge in [0, 0.05) is 28.7 Å². The topological polar surface area (TPSA) is 30.9 Å². The molecule has 1 aromatic carbocycles. The second kappa shape index (κ2) is 5.11. The number of rotatable bonds is 4. The first-order chi connectivity index (χ1) is 8.17. The lowest BCUT2D eigenvalue weighted by Gasteiger charge is -2.03. The first-order valence-corrected chi connectivity index (χ1v) is 6.53. The highest BCUT2D eigenvalue weighted by molar-refractivity contribution is 6.32. The minimum absolute atomic E-state index is 0.741. The third-order valence-electron chi connectivity index (χ3n) is 3.23. The Bertz CT molecular complexity index is 528. The molecular weight excluding hydrogens is 232 g/mol. The standard InChI is InChI=1S/C14H19ClN2/c1-3-17-9-11(5-4-6-16)12-7-10(2)13(15)8-14(12)17/h7-9H,3-6,16H2,1-2H3. The van der Waals surface area contributed by atoms with Crippen LogP contribution < -0.4 is 5.73 Å². The minimum atomic E-state index is 0.741. The van der Waals surface area contributed by atoms with Gasteiger partial charge in [0.25, 0.3) is 0 Å². The Morgan fingerprint density at radius 2 is 2.12 bits per heavy atom. The Balaban J connectivity index is 2.57. The predicted molar refractivity (Wildman–Crippen MR) is 74.7 cm³/mol. The number of fused-ring (bicyclic) bond motifs is 1. The molecule has 0 unspecified atom stereocenters. The van der Waals surface area contributed by atoms with Crippen molar-refractivity contribution < 1.29 is 0 Å². The molecule has 2 nitrogen and oxygen atoms in total. The van der Waals surface area contributed by atoms with Gasteiger partial charge >= 0.3 is 0 Å². The smallest absolute Gasteiger partial charge is 0.0498 e. The van der Waals surface area contributed by atoms with Gasteiger partial charge in [-0.05, 0) is 56.5 Å². The quantitative estimate of drug-likeness (QED) is 0.885. The second-order valence-electron chi connectivity index (χ2n) is 4.45. The molecular formula is C14H19ClN2. The summed E-state index contributed by atoms with van der Waals surface area (Å²) in [6.45, 7) is 5.92. The van der Waals surface area contributed by atoms with Crippen molar-refractivity contribution in [2.75, 3.05) is 6.54 Å². The van der Waals surface area contributed by atoms with Gasteiger partial charge in [0.15, 0.2) is 0 Å². The van der Waals surface area contributed by atoms with Crippen LogP contribution in [0.1, 0.15) is 24.5 Å². The third kappa shape index (κ3) is 2.33. The summed E-state index contributed by atoms with van der Waals surface area (Å²) in [7, 11) is 0. The van der Waals surface area contributed by atoms with E-state index < -0.39 is 0 Å². The van der Waals surface area contributed by atoms with Crippen molar-refractivity contribution >= 4 is 22.5 Å². The van der Waals surface area contributed by atoms with Crippen LogP contribution in [0, 0.1) is 6.92 Å². The van der Waals surface area contributed by atoms with Crippen LogP contribution in [-0.4, -0.2) is 11.1 Å². The normalized spacial score (nSPS) is 11.3. The van der Waals surface area contributed by atoms with Gasteiger partial charge in [-0.1, -0.05) is 11.6 Å². The molecule has 0 spiro atoms. The van der Waals surface area contributed by atoms with Crippen LogP contribution in [0.2, 0.25) is 5.02 Å². The molecule has 92 valence electrons. The second-order valence-corrected chi connectivity index (χ2v) is 4.86. The van der Waals surface area contributed by atoms with Gasteiger partial charge in [-0.25, -0.2) is 0 Å². The lowest BCUT2D eigenvalue weighted by molar-refractivity contribution is 0.781. The van der Waals surface area contributed by atoms with Crippen molar-refractivity contribution in [3.63, 3.8) is 0 Å². The number of aromatic nitrogens is 1. The van der Waals surface area contributed by atoms with E-state index in [1.165, 1.54) is 16.5 Å². The zero-order valence-electron chi connectivity index (χ0n) is 10.5. The summed E-state index contributed by atoms with van der Waals surface area (Å²) in [5.74, 6) is 0. The van der Waals surface area contributed by atoms with Gasteiger partial charge in [0.2, 0.25) is 0 Å². The van der Waals surface area contributed by atoms with E-state index in [0.29, 0.717) is 0 Å². The summed E-state index contributed by atoms with van der Waals surface area (Å²) in [6, 6.07) is 4.26. The van der Waals surface area contributed by atoms with Gasteiger partial charge in [0.1, 0.15) is 0 Å². The van der Waals surface area contributed by atoms with E-state index in [-0.39, 0.29) is 0 Å². The minimum Gasteiger partial charge on any atom is -0.347 e. The Kier molecular flexibility index (Phi) is 3.75. The molecule has 1 heterocycles. The van der Waals surface area contributed by atoms with Crippen molar-refractivity contribution in [2.45, 2.75) is 33.2 Å². The fraction of sp³-hybridized carbons (Fsp3) is 0.429. The molecule has 0 amide bonds. The van der Waals surface area contributed by atoms with Crippen LogP contribution in [0.5, 0.6) is 0 Å². The van der Waals surface area contributed by atoms with E-state index in [1.54, 1.807) is 0 Å². The molecule has 0 fully saturated rings. The Morgan fingerprint density at radius 3 is 2.76 bits per heavy atom. The number of hydrogen-bond donors (Lipinski definition) is 1. The highest BCUT2D eigenvalue weighted by Crippen LogP contribution is 2.28. The first kappa shape index (κ1) is 12.5. The summed E-state index contributed by atoms with van der Waals surface area (Å²) >= 11 is 6.20. The number of hydrogen-bond acceptors (Lipinski definition) is 1. The monoisotopic (exact) mass is 250 g/mol. The van der Waals surface area contributed by atoms with Crippen LogP contribution in [0.25, 0.3) is 10.9 Å². The van der Waals surface area contributed by atoms with Crippen LogP contribution in [0.4, 0.5) is 0 Å². The molecule has 2 rings (SSSR count). The molecule has 0 aliphatic heterocycles. The number of nitrogens with zero attached hydrogens (tertiary/aromatic N) is 1. The highest BCUT2D eigenvalue weighted by Gasteiger charge is 2.09. The van der Waals surface area contributed by atoms with Gasteiger partial charge in [0.05, 0.1) is 0 Å². The Labute approximate surface area is 107 Å². The van der Waals surface area contributed by atoms with Crippen LogP contribution in [0.15, 0.2) is 18.3 Å². The largest absolute Gasteiger partial charge is 0.347 e. The highest BCUT2D eigenvalue weighted by atomic mass is 35.5. The zero-order valence-corrected chi connectivity index (χ0v) is 11.2. The summed E-state index contributed by atoms with van der Waals surface area (Å²) < 4.78 is 2.26. The van der Waals surface area contributed by atoms with Gasteiger partial charge in [-0.15, -0.1) is 0 Å². The zero-order chi connectivity index (χ0) is 12.4. The Hall–Kier alpha value is -0.990. The van der Waals surface area contributed by atoms with Crippen molar-refractivity contribution in [3.8, 4) is 0 Å². The molecule has 0 aliphatic carbocycles. The lowest BCUT2D eigenvalue weighted by atomic mass is 10.1. The van der Waals surface area contributed by atoms with Crippen LogP contribution in [0.3, 0.4) is 0 Å². The summed E-state index contributed by atoms with van der Waals surface area (Å²) in [4.78, 5) is 0. The molecule has 0 radical (unpaired) electrons. The fourth-order valence-corrected chi connectivity index (χ4v) is 2.40. The van der Waals surface area contributed by atoms with Crippen molar-refractivity contribution in [1.82, 2.24) is 4.57 Å². The Morgan fingerprint density at radius 1 is 1.35 bits per heavy atom. The number of benzene rings is 1. The van der Waals surface area contributed by atoms with Gasteiger partial charge < -0.3 is 10.3 Å². The molecule has 3 heteroatoms.